The summed E-state index contributed by atoms with van der Waals surface area (Å²) in [6, 6.07) is 17.1. The minimum atomic E-state index is -0.108. The molecule has 140 valence electrons. The fourth-order valence-electron chi connectivity index (χ4n) is 2.68. The second-order valence-corrected chi connectivity index (χ2v) is 5.93. The van der Waals surface area contributed by atoms with E-state index in [-0.39, 0.29) is 5.91 Å². The highest BCUT2D eigenvalue weighted by molar-refractivity contribution is 5.94. The molecule has 0 aliphatic heterocycles. The molecule has 0 aliphatic carbocycles. The van der Waals surface area contributed by atoms with Crippen LogP contribution in [0.3, 0.4) is 0 Å². The number of amides is 1. The lowest BCUT2D eigenvalue weighted by atomic mass is 10.1. The van der Waals surface area contributed by atoms with E-state index in [1.165, 1.54) is 0 Å². The predicted molar refractivity (Wildman–Crippen MR) is 105 cm³/mol. The van der Waals surface area contributed by atoms with Gasteiger partial charge < -0.3 is 14.8 Å². The quantitative estimate of drug-likeness (QED) is 0.599. The number of hydrogen-bond donors (Lipinski definition) is 2. The van der Waals surface area contributed by atoms with E-state index in [1.807, 2.05) is 49.4 Å². The molecule has 2 aromatic carbocycles. The van der Waals surface area contributed by atoms with Gasteiger partial charge in [-0.1, -0.05) is 24.3 Å². The molecule has 0 bridgehead atoms. The minimum absolute atomic E-state index is 0.108. The zero-order valence-corrected chi connectivity index (χ0v) is 15.5. The van der Waals surface area contributed by atoms with Crippen LogP contribution in [0.25, 0.3) is 22.5 Å². The Balaban J connectivity index is 1.69. The van der Waals surface area contributed by atoms with Crippen molar-refractivity contribution in [3.8, 4) is 28.3 Å². The number of nitrogens with one attached hydrogen (secondary N) is 2. The predicted octanol–water partition coefficient (Wildman–Crippen LogP) is 3.52. The number of carbonyl (C=O) groups is 1. The summed E-state index contributed by atoms with van der Waals surface area (Å²) in [5, 5.41) is 10.3. The second-order valence-electron chi connectivity index (χ2n) is 5.93. The SMILES string of the molecule is CCOCCNC(=O)c1ccc(-c2cc(-c3cccc(OC)c3)n[nH]2)cc1. The molecular weight excluding hydrogens is 342 g/mol. The topological polar surface area (TPSA) is 76.2 Å². The molecule has 0 saturated heterocycles. The van der Waals surface area contributed by atoms with Gasteiger partial charge >= 0.3 is 0 Å². The number of methoxy groups -OCH3 is 1. The smallest absolute Gasteiger partial charge is 0.251 e. The van der Waals surface area contributed by atoms with Crippen molar-refractivity contribution < 1.29 is 14.3 Å². The number of hydrogen-bond acceptors (Lipinski definition) is 4. The number of carbonyl (C=O) groups excluding carboxylic acids is 1. The van der Waals surface area contributed by atoms with Crippen LogP contribution in [0.5, 0.6) is 5.75 Å². The van der Waals surface area contributed by atoms with E-state index in [1.54, 1.807) is 19.2 Å². The number of rotatable bonds is 8. The monoisotopic (exact) mass is 365 g/mol. The lowest BCUT2D eigenvalue weighted by Gasteiger charge is -2.06. The molecule has 3 aromatic rings. The molecule has 6 nitrogen and oxygen atoms in total. The zero-order chi connectivity index (χ0) is 19.1. The van der Waals surface area contributed by atoms with Crippen LogP contribution >= 0.6 is 0 Å². The maximum atomic E-state index is 12.1. The van der Waals surface area contributed by atoms with Crippen molar-refractivity contribution in [2.45, 2.75) is 6.92 Å². The number of benzene rings is 2. The third kappa shape index (κ3) is 4.74. The van der Waals surface area contributed by atoms with Gasteiger partial charge in [0, 0.05) is 24.3 Å². The highest BCUT2D eigenvalue weighted by atomic mass is 16.5. The van der Waals surface area contributed by atoms with E-state index in [0.29, 0.717) is 25.3 Å². The summed E-state index contributed by atoms with van der Waals surface area (Å²) >= 11 is 0. The summed E-state index contributed by atoms with van der Waals surface area (Å²) in [6.07, 6.45) is 0. The Morgan fingerprint density at radius 3 is 2.67 bits per heavy atom. The highest BCUT2D eigenvalue weighted by Gasteiger charge is 2.09. The van der Waals surface area contributed by atoms with E-state index >= 15 is 0 Å². The molecule has 0 unspecified atom stereocenters. The van der Waals surface area contributed by atoms with Crippen LogP contribution in [0.15, 0.2) is 54.6 Å². The van der Waals surface area contributed by atoms with Crippen molar-refractivity contribution in [2.75, 3.05) is 26.9 Å². The Morgan fingerprint density at radius 2 is 1.93 bits per heavy atom. The van der Waals surface area contributed by atoms with Crippen molar-refractivity contribution >= 4 is 5.91 Å². The van der Waals surface area contributed by atoms with Gasteiger partial charge in [-0.25, -0.2) is 0 Å². The summed E-state index contributed by atoms with van der Waals surface area (Å²) < 4.78 is 10.5. The van der Waals surface area contributed by atoms with Crippen LogP contribution in [0.2, 0.25) is 0 Å². The summed E-state index contributed by atoms with van der Waals surface area (Å²) in [7, 11) is 1.64. The molecular formula is C21H23N3O3. The van der Waals surface area contributed by atoms with Crippen molar-refractivity contribution in [2.24, 2.45) is 0 Å². The molecule has 0 fully saturated rings. The van der Waals surface area contributed by atoms with Crippen molar-refractivity contribution in [3.63, 3.8) is 0 Å². The summed E-state index contributed by atoms with van der Waals surface area (Å²) in [5.74, 6) is 0.680. The normalized spacial score (nSPS) is 10.6. The first-order valence-corrected chi connectivity index (χ1v) is 8.87. The Morgan fingerprint density at radius 1 is 1.11 bits per heavy atom. The Labute approximate surface area is 158 Å². The number of nitrogens with zero attached hydrogens (tertiary/aromatic N) is 1. The van der Waals surface area contributed by atoms with Gasteiger partial charge in [-0.2, -0.15) is 5.10 Å². The molecule has 1 amide bonds. The Bertz CT molecular complexity index is 888. The number of ether oxygens (including phenoxy) is 2. The van der Waals surface area contributed by atoms with Crippen molar-refractivity contribution in [1.29, 1.82) is 0 Å². The lowest BCUT2D eigenvalue weighted by Crippen LogP contribution is -2.27. The van der Waals surface area contributed by atoms with Crippen LogP contribution < -0.4 is 10.1 Å². The third-order valence-corrected chi connectivity index (χ3v) is 4.14. The van der Waals surface area contributed by atoms with Gasteiger partial charge in [-0.15, -0.1) is 0 Å². The van der Waals surface area contributed by atoms with E-state index in [4.69, 9.17) is 9.47 Å². The van der Waals surface area contributed by atoms with Crippen molar-refractivity contribution in [1.82, 2.24) is 15.5 Å². The van der Waals surface area contributed by atoms with Gasteiger partial charge in [-0.05, 0) is 42.8 Å². The fourth-order valence-corrected chi connectivity index (χ4v) is 2.68. The molecule has 0 atom stereocenters. The minimum Gasteiger partial charge on any atom is -0.497 e. The molecule has 0 radical (unpaired) electrons. The van der Waals surface area contributed by atoms with Crippen molar-refractivity contribution in [3.05, 3.63) is 60.2 Å². The average Bonchev–Trinajstić information content (AvgIpc) is 3.21. The fraction of sp³-hybridized carbons (Fsp3) is 0.238. The maximum absolute atomic E-state index is 12.1. The Hall–Kier alpha value is -3.12. The standard InChI is InChI=1S/C21H23N3O3/c1-3-27-12-11-22-21(25)16-9-7-15(8-10-16)19-14-20(24-23-19)17-5-4-6-18(13-17)26-2/h4-10,13-14H,3,11-12H2,1-2H3,(H,22,25)(H,23,24). The number of aromatic amines is 1. The molecule has 0 spiro atoms. The van der Waals surface area contributed by atoms with Gasteiger partial charge in [0.25, 0.3) is 5.91 Å². The molecule has 6 heteroatoms. The largest absolute Gasteiger partial charge is 0.497 e. The molecule has 1 aromatic heterocycles. The average molecular weight is 365 g/mol. The molecule has 0 saturated carbocycles. The van der Waals surface area contributed by atoms with E-state index < -0.39 is 0 Å². The van der Waals surface area contributed by atoms with Crippen LogP contribution in [0.1, 0.15) is 17.3 Å². The maximum Gasteiger partial charge on any atom is 0.251 e. The second kappa shape index (κ2) is 9.00. The van der Waals surface area contributed by atoms with E-state index in [0.717, 1.165) is 28.3 Å². The van der Waals surface area contributed by atoms with Gasteiger partial charge in [0.1, 0.15) is 5.75 Å². The van der Waals surface area contributed by atoms with Gasteiger partial charge in [0.15, 0.2) is 0 Å². The zero-order valence-electron chi connectivity index (χ0n) is 15.5. The summed E-state index contributed by atoms with van der Waals surface area (Å²) in [5.41, 5.74) is 4.27. The number of H-pyrrole nitrogens is 1. The molecule has 3 rings (SSSR count). The first-order valence-electron chi connectivity index (χ1n) is 8.87. The van der Waals surface area contributed by atoms with Crippen LogP contribution in [-0.2, 0) is 4.74 Å². The molecule has 27 heavy (non-hydrogen) atoms. The summed E-state index contributed by atoms with van der Waals surface area (Å²) in [6.45, 7) is 3.59. The first kappa shape index (κ1) is 18.7. The Kier molecular flexibility index (Phi) is 6.22. The van der Waals surface area contributed by atoms with Gasteiger partial charge in [0.2, 0.25) is 0 Å². The summed E-state index contributed by atoms with van der Waals surface area (Å²) in [4.78, 5) is 12.1. The van der Waals surface area contributed by atoms with Crippen LogP contribution in [0.4, 0.5) is 0 Å². The van der Waals surface area contributed by atoms with Gasteiger partial charge in [-0.3, -0.25) is 9.89 Å². The molecule has 2 N–H and O–H groups in total. The lowest BCUT2D eigenvalue weighted by molar-refractivity contribution is 0.0922. The first-order chi connectivity index (χ1) is 13.2. The van der Waals surface area contributed by atoms with E-state index in [2.05, 4.69) is 15.5 Å². The number of aromatic nitrogens is 2. The molecule has 1 heterocycles. The third-order valence-electron chi connectivity index (χ3n) is 4.14. The van der Waals surface area contributed by atoms with Crippen LogP contribution in [0, 0.1) is 0 Å². The highest BCUT2D eigenvalue weighted by Crippen LogP contribution is 2.26. The van der Waals surface area contributed by atoms with Gasteiger partial charge in [0.05, 0.1) is 25.1 Å². The molecule has 0 aliphatic rings. The van der Waals surface area contributed by atoms with E-state index in [9.17, 15) is 4.79 Å². The van der Waals surface area contributed by atoms with Crippen LogP contribution in [-0.4, -0.2) is 43.0 Å².